The second-order valence-electron chi connectivity index (χ2n) is 5.93. The van der Waals surface area contributed by atoms with E-state index in [-0.39, 0.29) is 10.6 Å². The third-order valence-corrected chi connectivity index (χ3v) is 4.41. The first-order chi connectivity index (χ1) is 11.7. The number of rotatable bonds is 3. The number of nitro groups is 1. The fourth-order valence-electron chi connectivity index (χ4n) is 3.22. The van der Waals surface area contributed by atoms with Gasteiger partial charge in [-0.3, -0.25) is 10.1 Å². The van der Waals surface area contributed by atoms with Crippen molar-refractivity contribution < 1.29 is 4.92 Å². The summed E-state index contributed by atoms with van der Waals surface area (Å²) in [5, 5.41) is 12.1. The monoisotopic (exact) mass is 316 g/mol. The Morgan fingerprint density at radius 1 is 1.08 bits per heavy atom. The van der Waals surface area contributed by atoms with Crippen LogP contribution in [0.1, 0.15) is 18.4 Å². The van der Waals surface area contributed by atoms with Gasteiger partial charge in [0.25, 0.3) is 5.69 Å². The smallest absolute Gasteiger partial charge is 0.270 e. The third kappa shape index (κ3) is 2.52. The number of hydrogen-bond acceptors (Lipinski definition) is 2. The Balaban J connectivity index is 1.88. The highest BCUT2D eigenvalue weighted by molar-refractivity contribution is 5.96. The molecule has 0 atom stereocenters. The minimum atomic E-state index is -0.339. The Labute approximate surface area is 139 Å². The number of nitrogens with one attached hydrogen (secondary N) is 1. The summed E-state index contributed by atoms with van der Waals surface area (Å²) in [4.78, 5) is 14.1. The molecule has 24 heavy (non-hydrogen) atoms. The molecule has 118 valence electrons. The van der Waals surface area contributed by atoms with Crippen LogP contribution in [0, 0.1) is 10.1 Å². The van der Waals surface area contributed by atoms with E-state index in [1.165, 1.54) is 11.1 Å². The molecule has 0 aliphatic heterocycles. The van der Waals surface area contributed by atoms with Gasteiger partial charge in [-0.1, -0.05) is 36.4 Å². The van der Waals surface area contributed by atoms with Gasteiger partial charge in [0, 0.05) is 29.3 Å². The number of fused-ring (bicyclic) bond motifs is 1. The standard InChI is InChI=1S/C20H16N2O2/c23-22(24)18-12-17-9-10-21-20(17)19(13-18)16-8-4-7-15(11-16)14-5-2-1-3-6-14/h1-2,4-5,7-13,21H,3,6H2. The van der Waals surface area contributed by atoms with Gasteiger partial charge in [0.2, 0.25) is 0 Å². The number of aromatic nitrogens is 1. The minimum Gasteiger partial charge on any atom is -0.361 e. The van der Waals surface area contributed by atoms with E-state index < -0.39 is 0 Å². The summed E-state index contributed by atoms with van der Waals surface area (Å²) in [7, 11) is 0. The SMILES string of the molecule is O=[N+]([O-])c1cc(-c2cccc(C3=CC=CCC3)c2)c2[nH]ccc2c1. The van der Waals surface area contributed by atoms with Gasteiger partial charge in [0.1, 0.15) is 0 Å². The largest absolute Gasteiger partial charge is 0.361 e. The predicted molar refractivity (Wildman–Crippen MR) is 96.7 cm³/mol. The van der Waals surface area contributed by atoms with E-state index in [1.54, 1.807) is 12.1 Å². The second kappa shape index (κ2) is 5.81. The Morgan fingerprint density at radius 2 is 1.96 bits per heavy atom. The van der Waals surface area contributed by atoms with Crippen molar-refractivity contribution in [2.75, 3.05) is 0 Å². The number of benzene rings is 2. The zero-order valence-corrected chi connectivity index (χ0v) is 13.0. The maximum atomic E-state index is 11.2. The van der Waals surface area contributed by atoms with Crippen LogP contribution in [0.4, 0.5) is 5.69 Å². The van der Waals surface area contributed by atoms with Crippen LogP contribution in [0.15, 0.2) is 66.9 Å². The van der Waals surface area contributed by atoms with E-state index in [4.69, 9.17) is 0 Å². The number of allylic oxidation sites excluding steroid dienone is 4. The average molecular weight is 316 g/mol. The summed E-state index contributed by atoms with van der Waals surface area (Å²) in [5.74, 6) is 0. The topological polar surface area (TPSA) is 58.9 Å². The summed E-state index contributed by atoms with van der Waals surface area (Å²) >= 11 is 0. The molecule has 0 bridgehead atoms. The molecule has 4 rings (SSSR count). The summed E-state index contributed by atoms with van der Waals surface area (Å²) in [5.41, 5.74) is 5.35. The Hall–Kier alpha value is -3.14. The molecule has 0 saturated carbocycles. The molecule has 0 amide bonds. The van der Waals surface area contributed by atoms with Crippen molar-refractivity contribution in [2.45, 2.75) is 12.8 Å². The number of aromatic amines is 1. The quantitative estimate of drug-likeness (QED) is 0.514. The maximum absolute atomic E-state index is 11.2. The van der Waals surface area contributed by atoms with E-state index in [9.17, 15) is 10.1 Å². The zero-order valence-electron chi connectivity index (χ0n) is 13.0. The van der Waals surface area contributed by atoms with Crippen molar-refractivity contribution in [2.24, 2.45) is 0 Å². The molecule has 1 aliphatic rings. The van der Waals surface area contributed by atoms with Gasteiger partial charge >= 0.3 is 0 Å². The second-order valence-corrected chi connectivity index (χ2v) is 5.93. The van der Waals surface area contributed by atoms with E-state index in [1.807, 2.05) is 24.4 Å². The first kappa shape index (κ1) is 14.5. The van der Waals surface area contributed by atoms with Gasteiger partial charge in [0.15, 0.2) is 0 Å². The number of nitro benzene ring substituents is 1. The van der Waals surface area contributed by atoms with E-state index in [0.29, 0.717) is 0 Å². The molecular weight excluding hydrogens is 300 g/mol. The number of H-pyrrole nitrogens is 1. The van der Waals surface area contributed by atoms with Crippen LogP contribution in [0.25, 0.3) is 27.6 Å². The van der Waals surface area contributed by atoms with Crippen LogP contribution in [-0.2, 0) is 0 Å². The molecule has 0 fully saturated rings. The van der Waals surface area contributed by atoms with Crippen molar-refractivity contribution in [3.05, 3.63) is 82.6 Å². The van der Waals surface area contributed by atoms with Gasteiger partial charge in [-0.25, -0.2) is 0 Å². The highest BCUT2D eigenvalue weighted by Gasteiger charge is 2.14. The van der Waals surface area contributed by atoms with Crippen LogP contribution >= 0.6 is 0 Å². The lowest BCUT2D eigenvalue weighted by Crippen LogP contribution is -1.92. The molecule has 0 saturated heterocycles. The van der Waals surface area contributed by atoms with Crippen molar-refractivity contribution in [3.63, 3.8) is 0 Å². The van der Waals surface area contributed by atoms with Crippen molar-refractivity contribution >= 4 is 22.2 Å². The molecule has 0 spiro atoms. The van der Waals surface area contributed by atoms with Crippen molar-refractivity contribution in [1.82, 2.24) is 4.98 Å². The van der Waals surface area contributed by atoms with Crippen LogP contribution < -0.4 is 0 Å². The average Bonchev–Trinajstić information content (AvgIpc) is 3.10. The molecule has 0 unspecified atom stereocenters. The maximum Gasteiger partial charge on any atom is 0.270 e. The Kier molecular flexibility index (Phi) is 3.50. The minimum absolute atomic E-state index is 0.113. The number of non-ortho nitro benzene ring substituents is 1. The lowest BCUT2D eigenvalue weighted by Gasteiger charge is -2.11. The zero-order chi connectivity index (χ0) is 16.5. The highest BCUT2D eigenvalue weighted by atomic mass is 16.6. The lowest BCUT2D eigenvalue weighted by atomic mass is 9.93. The van der Waals surface area contributed by atoms with E-state index in [0.717, 1.165) is 34.9 Å². The molecule has 1 aliphatic carbocycles. The predicted octanol–water partition coefficient (Wildman–Crippen LogP) is 5.48. The first-order valence-electron chi connectivity index (χ1n) is 7.94. The van der Waals surface area contributed by atoms with Gasteiger partial charge in [0.05, 0.1) is 10.4 Å². The van der Waals surface area contributed by atoms with Gasteiger partial charge < -0.3 is 4.98 Å². The van der Waals surface area contributed by atoms with Gasteiger partial charge in [-0.15, -0.1) is 0 Å². The van der Waals surface area contributed by atoms with Gasteiger partial charge in [-0.05, 0) is 41.7 Å². The fourth-order valence-corrected chi connectivity index (χ4v) is 3.22. The third-order valence-electron chi connectivity index (χ3n) is 4.41. The summed E-state index contributed by atoms with van der Waals surface area (Å²) < 4.78 is 0. The molecule has 4 nitrogen and oxygen atoms in total. The molecule has 3 aromatic rings. The highest BCUT2D eigenvalue weighted by Crippen LogP contribution is 2.34. The molecule has 1 aromatic heterocycles. The Bertz CT molecular complexity index is 996. The molecule has 1 heterocycles. The lowest BCUT2D eigenvalue weighted by molar-refractivity contribution is -0.384. The summed E-state index contributed by atoms with van der Waals surface area (Å²) in [6, 6.07) is 13.3. The van der Waals surface area contributed by atoms with E-state index >= 15 is 0 Å². The van der Waals surface area contributed by atoms with Crippen LogP contribution in [-0.4, -0.2) is 9.91 Å². The van der Waals surface area contributed by atoms with Crippen molar-refractivity contribution in [3.8, 4) is 11.1 Å². The number of nitrogens with zero attached hydrogens (tertiary/aromatic N) is 1. The normalized spacial score (nSPS) is 13.9. The van der Waals surface area contributed by atoms with Gasteiger partial charge in [-0.2, -0.15) is 0 Å². The molecule has 2 aromatic carbocycles. The molecular formula is C20H16N2O2. The Morgan fingerprint density at radius 3 is 2.75 bits per heavy atom. The van der Waals surface area contributed by atoms with E-state index in [2.05, 4.69) is 35.3 Å². The van der Waals surface area contributed by atoms with Crippen molar-refractivity contribution in [1.29, 1.82) is 0 Å². The fraction of sp³-hybridized carbons (Fsp3) is 0.100. The first-order valence-corrected chi connectivity index (χ1v) is 7.94. The molecule has 0 radical (unpaired) electrons. The van der Waals surface area contributed by atoms with Crippen LogP contribution in [0.2, 0.25) is 0 Å². The van der Waals surface area contributed by atoms with Crippen LogP contribution in [0.3, 0.4) is 0 Å². The number of hydrogen-bond donors (Lipinski definition) is 1. The van der Waals surface area contributed by atoms with Crippen LogP contribution in [0.5, 0.6) is 0 Å². The molecule has 1 N–H and O–H groups in total. The summed E-state index contributed by atoms with van der Waals surface area (Å²) in [6.45, 7) is 0. The molecule has 4 heteroatoms. The summed E-state index contributed by atoms with van der Waals surface area (Å²) in [6.07, 6.45) is 10.3.